The maximum Gasteiger partial charge on any atom is 0.127 e. The van der Waals surface area contributed by atoms with Gasteiger partial charge in [-0.2, -0.15) is 0 Å². The molecule has 142 valence electrons. The minimum Gasteiger partial charge on any atom is -0.491 e. The van der Waals surface area contributed by atoms with Gasteiger partial charge in [-0.05, 0) is 73.8 Å². The zero-order chi connectivity index (χ0) is 18.3. The molecule has 27 heavy (non-hydrogen) atoms. The molecule has 0 radical (unpaired) electrons. The Morgan fingerprint density at radius 1 is 0.889 bits per heavy atom. The van der Waals surface area contributed by atoms with E-state index in [1.165, 1.54) is 37.7 Å². The van der Waals surface area contributed by atoms with Crippen LogP contribution in [0.25, 0.3) is 11.1 Å². The normalized spacial score (nSPS) is 32.0. The predicted octanol–water partition coefficient (Wildman–Crippen LogP) is 5.96. The van der Waals surface area contributed by atoms with Crippen LogP contribution in [0.5, 0.6) is 5.75 Å². The molecule has 0 heterocycles. The highest BCUT2D eigenvalue weighted by Crippen LogP contribution is 2.67. The van der Waals surface area contributed by atoms with Crippen molar-refractivity contribution in [3.63, 3.8) is 0 Å². The summed E-state index contributed by atoms with van der Waals surface area (Å²) in [6.07, 6.45) is 7.60. The van der Waals surface area contributed by atoms with Gasteiger partial charge in [-0.25, -0.2) is 0 Å². The lowest BCUT2D eigenvalue weighted by molar-refractivity contribution is -0.0539. The zero-order valence-corrected chi connectivity index (χ0v) is 16.3. The molecule has 4 bridgehead atoms. The van der Waals surface area contributed by atoms with Gasteiger partial charge in [0.25, 0.3) is 0 Å². The third-order valence-corrected chi connectivity index (χ3v) is 7.54. The third-order valence-electron chi connectivity index (χ3n) is 7.54. The summed E-state index contributed by atoms with van der Waals surface area (Å²) in [6.45, 7) is 3.61. The van der Waals surface area contributed by atoms with Gasteiger partial charge >= 0.3 is 0 Å². The van der Waals surface area contributed by atoms with Crippen LogP contribution in [0.1, 0.15) is 39.0 Å². The summed E-state index contributed by atoms with van der Waals surface area (Å²) in [6, 6.07) is 18.7. The van der Waals surface area contributed by atoms with E-state index < -0.39 is 0 Å². The van der Waals surface area contributed by atoms with Crippen LogP contribution in [-0.4, -0.2) is 19.3 Å². The number of para-hydroxylation sites is 1. The van der Waals surface area contributed by atoms with Crippen LogP contribution in [-0.2, 0) is 4.74 Å². The van der Waals surface area contributed by atoms with Gasteiger partial charge in [0.05, 0.1) is 12.7 Å². The van der Waals surface area contributed by atoms with Crippen LogP contribution >= 0.6 is 0 Å². The number of ether oxygens (including phenoxy) is 2. The van der Waals surface area contributed by atoms with Crippen molar-refractivity contribution < 1.29 is 9.47 Å². The predicted molar refractivity (Wildman–Crippen MR) is 109 cm³/mol. The Hall–Kier alpha value is -1.80. The Balaban J connectivity index is 1.18. The van der Waals surface area contributed by atoms with Crippen LogP contribution in [0.15, 0.2) is 54.6 Å². The Kier molecular flexibility index (Phi) is 4.47. The summed E-state index contributed by atoms with van der Waals surface area (Å²) in [5, 5.41) is 0. The maximum atomic E-state index is 6.34. The van der Waals surface area contributed by atoms with E-state index in [2.05, 4.69) is 49.4 Å². The molecule has 2 aromatic rings. The molecule has 3 unspecified atom stereocenters. The molecule has 0 N–H and O–H groups in total. The van der Waals surface area contributed by atoms with E-state index in [9.17, 15) is 0 Å². The summed E-state index contributed by atoms with van der Waals surface area (Å²) in [4.78, 5) is 0. The third kappa shape index (κ3) is 3.08. The average Bonchev–Trinajstić information content (AvgIpc) is 3.11. The molecule has 2 nitrogen and oxygen atoms in total. The highest BCUT2D eigenvalue weighted by Gasteiger charge is 2.60. The highest BCUT2D eigenvalue weighted by atomic mass is 16.5. The first kappa shape index (κ1) is 17.3. The fourth-order valence-electron chi connectivity index (χ4n) is 6.51. The first-order valence-corrected chi connectivity index (χ1v) is 10.6. The van der Waals surface area contributed by atoms with Crippen molar-refractivity contribution in [2.75, 3.05) is 13.2 Å². The summed E-state index contributed by atoms with van der Waals surface area (Å²) in [5.74, 6) is 3.85. The monoisotopic (exact) mass is 362 g/mol. The van der Waals surface area contributed by atoms with E-state index >= 15 is 0 Å². The van der Waals surface area contributed by atoms with Crippen molar-refractivity contribution in [1.82, 2.24) is 0 Å². The van der Waals surface area contributed by atoms with E-state index in [0.717, 1.165) is 29.1 Å². The molecule has 0 amide bonds. The van der Waals surface area contributed by atoms with Gasteiger partial charge in [-0.3, -0.25) is 0 Å². The lowest BCUT2D eigenvalue weighted by Gasteiger charge is -2.38. The lowest BCUT2D eigenvalue weighted by atomic mass is 9.72. The fourth-order valence-corrected chi connectivity index (χ4v) is 6.51. The van der Waals surface area contributed by atoms with Crippen molar-refractivity contribution in [1.29, 1.82) is 0 Å². The highest BCUT2D eigenvalue weighted by molar-refractivity contribution is 5.70. The quantitative estimate of drug-likeness (QED) is 0.565. The molecule has 4 saturated carbocycles. The molecule has 0 spiro atoms. The van der Waals surface area contributed by atoms with Crippen LogP contribution in [0.2, 0.25) is 0 Å². The maximum absolute atomic E-state index is 6.34. The largest absolute Gasteiger partial charge is 0.491 e. The van der Waals surface area contributed by atoms with E-state index in [1.54, 1.807) is 0 Å². The van der Waals surface area contributed by atoms with Crippen LogP contribution in [0.4, 0.5) is 0 Å². The van der Waals surface area contributed by atoms with Gasteiger partial charge in [0.2, 0.25) is 0 Å². The molecule has 4 fully saturated rings. The number of hydrogen-bond acceptors (Lipinski definition) is 2. The second-order valence-electron chi connectivity index (χ2n) is 9.00. The molecule has 0 saturated heterocycles. The topological polar surface area (TPSA) is 18.5 Å². The molecular weight excluding hydrogens is 332 g/mol. The minimum absolute atomic E-state index is 0.366. The van der Waals surface area contributed by atoms with Gasteiger partial charge < -0.3 is 9.47 Å². The van der Waals surface area contributed by atoms with E-state index in [-0.39, 0.29) is 0 Å². The molecule has 4 aliphatic carbocycles. The second-order valence-corrected chi connectivity index (χ2v) is 9.00. The van der Waals surface area contributed by atoms with Crippen molar-refractivity contribution in [2.24, 2.45) is 23.2 Å². The van der Waals surface area contributed by atoms with Crippen molar-refractivity contribution >= 4 is 0 Å². The van der Waals surface area contributed by atoms with E-state index in [0.29, 0.717) is 24.7 Å². The Bertz CT molecular complexity index is 770. The molecule has 4 aliphatic rings. The first-order chi connectivity index (χ1) is 13.2. The molecular formula is C25H30O2. The Morgan fingerprint density at radius 3 is 2.37 bits per heavy atom. The molecule has 2 heteroatoms. The summed E-state index contributed by atoms with van der Waals surface area (Å²) in [7, 11) is 0. The lowest BCUT2D eigenvalue weighted by Crippen LogP contribution is -2.37. The van der Waals surface area contributed by atoms with Gasteiger partial charge in [0.15, 0.2) is 0 Å². The second kappa shape index (κ2) is 6.98. The summed E-state index contributed by atoms with van der Waals surface area (Å²) >= 11 is 0. The first-order valence-electron chi connectivity index (χ1n) is 10.6. The van der Waals surface area contributed by atoms with Crippen LogP contribution in [0, 0.1) is 23.2 Å². The van der Waals surface area contributed by atoms with Gasteiger partial charge in [0.1, 0.15) is 12.4 Å². The zero-order valence-electron chi connectivity index (χ0n) is 16.3. The number of rotatable bonds is 7. The molecule has 0 aliphatic heterocycles. The Morgan fingerprint density at radius 2 is 1.59 bits per heavy atom. The standard InChI is InChI=1S/C25H30O2/c1-18(25-16-19-13-20(17-25)15-22(25)14-19)26-11-12-27-24-10-6-5-9-23(24)21-7-3-2-4-8-21/h2-10,18-20,22H,11-17H2,1H3. The molecule has 0 aromatic heterocycles. The Labute approximate surface area is 162 Å². The van der Waals surface area contributed by atoms with Gasteiger partial charge in [0, 0.05) is 5.56 Å². The minimum atomic E-state index is 0.366. The van der Waals surface area contributed by atoms with Gasteiger partial charge in [-0.15, -0.1) is 0 Å². The van der Waals surface area contributed by atoms with Crippen LogP contribution < -0.4 is 4.74 Å². The smallest absolute Gasteiger partial charge is 0.127 e. The number of benzene rings is 2. The SMILES string of the molecule is CC(OCCOc1ccccc1-c1ccccc1)C12CC3CC(CC1C3)C2. The van der Waals surface area contributed by atoms with Crippen molar-refractivity contribution in [2.45, 2.75) is 45.1 Å². The fraction of sp³-hybridized carbons (Fsp3) is 0.520. The van der Waals surface area contributed by atoms with Gasteiger partial charge in [-0.1, -0.05) is 48.5 Å². The van der Waals surface area contributed by atoms with E-state index in [1.807, 2.05) is 12.1 Å². The van der Waals surface area contributed by atoms with Crippen molar-refractivity contribution in [3.8, 4) is 16.9 Å². The molecule has 2 aromatic carbocycles. The van der Waals surface area contributed by atoms with E-state index in [4.69, 9.17) is 9.47 Å². The summed E-state index contributed by atoms with van der Waals surface area (Å²) in [5.41, 5.74) is 2.83. The molecule has 3 atom stereocenters. The van der Waals surface area contributed by atoms with Crippen molar-refractivity contribution in [3.05, 3.63) is 54.6 Å². The molecule has 6 rings (SSSR count). The number of hydrogen-bond donors (Lipinski definition) is 0. The van der Waals surface area contributed by atoms with Crippen LogP contribution in [0.3, 0.4) is 0 Å². The average molecular weight is 363 g/mol. The summed E-state index contributed by atoms with van der Waals surface area (Å²) < 4.78 is 12.5.